The van der Waals surface area contributed by atoms with Crippen LogP contribution in [0.2, 0.25) is 0 Å². The average molecular weight is 300 g/mol. The third kappa shape index (κ3) is 2.43. The van der Waals surface area contributed by atoms with Crippen LogP contribution in [0.4, 0.5) is 0 Å². The number of aryl methyl sites for hydroxylation is 1. The van der Waals surface area contributed by atoms with Crippen LogP contribution in [-0.4, -0.2) is 0 Å². The molecular formula is C20H28O2. The minimum absolute atomic E-state index is 0.0730. The number of fused-ring (bicyclic) bond motifs is 1. The molecule has 0 amide bonds. The Morgan fingerprint density at radius 3 is 2.55 bits per heavy atom. The molecule has 1 aliphatic carbocycles. The highest BCUT2D eigenvalue weighted by Gasteiger charge is 2.54. The maximum Gasteiger partial charge on any atom is 0.111 e. The lowest BCUT2D eigenvalue weighted by molar-refractivity contribution is 0.121. The number of hydrogen-bond acceptors (Lipinski definition) is 2. The highest BCUT2D eigenvalue weighted by Crippen LogP contribution is 2.60. The van der Waals surface area contributed by atoms with Gasteiger partial charge in [-0.2, -0.15) is 0 Å². The molecule has 2 unspecified atom stereocenters. The van der Waals surface area contributed by atoms with E-state index in [1.807, 2.05) is 12.5 Å². The minimum Gasteiger partial charge on any atom is -0.469 e. The number of hydrogen-bond donors (Lipinski definition) is 0. The monoisotopic (exact) mass is 300 g/mol. The van der Waals surface area contributed by atoms with Crippen molar-refractivity contribution in [2.45, 2.75) is 60.3 Å². The maximum atomic E-state index is 5.98. The Morgan fingerprint density at radius 1 is 1.18 bits per heavy atom. The van der Waals surface area contributed by atoms with E-state index in [0.717, 1.165) is 24.4 Å². The Bertz CT molecular complexity index is 619. The molecule has 2 aliphatic rings. The van der Waals surface area contributed by atoms with Crippen LogP contribution in [0.1, 0.15) is 65.2 Å². The average Bonchev–Trinajstić information content (AvgIpc) is 2.94. The minimum atomic E-state index is -0.0730. The van der Waals surface area contributed by atoms with Gasteiger partial charge in [-0.15, -0.1) is 0 Å². The summed E-state index contributed by atoms with van der Waals surface area (Å²) in [5.41, 5.74) is 1.49. The van der Waals surface area contributed by atoms with Gasteiger partial charge in [0.05, 0.1) is 17.9 Å². The predicted octanol–water partition coefficient (Wildman–Crippen LogP) is 5.82. The summed E-state index contributed by atoms with van der Waals surface area (Å²) in [6.07, 6.45) is 10.4. The van der Waals surface area contributed by atoms with Crippen molar-refractivity contribution < 1.29 is 9.15 Å². The van der Waals surface area contributed by atoms with Crippen molar-refractivity contribution in [1.29, 1.82) is 0 Å². The third-order valence-electron chi connectivity index (χ3n) is 4.82. The van der Waals surface area contributed by atoms with Crippen LogP contribution in [-0.2, 0) is 11.2 Å². The van der Waals surface area contributed by atoms with E-state index in [0.29, 0.717) is 5.92 Å². The van der Waals surface area contributed by atoms with Gasteiger partial charge >= 0.3 is 0 Å². The van der Waals surface area contributed by atoms with Gasteiger partial charge in [0.15, 0.2) is 0 Å². The van der Waals surface area contributed by atoms with Crippen LogP contribution >= 0.6 is 0 Å². The Hall–Kier alpha value is -1.44. The fourth-order valence-corrected chi connectivity index (χ4v) is 4.12. The smallest absolute Gasteiger partial charge is 0.111 e. The first kappa shape index (κ1) is 15.5. The molecule has 0 fully saturated rings. The fraction of sp³-hybridized carbons (Fsp3) is 0.600. The molecule has 0 N–H and O–H groups in total. The molecular weight excluding hydrogens is 272 g/mol. The van der Waals surface area contributed by atoms with Gasteiger partial charge in [-0.1, -0.05) is 41.5 Å². The summed E-state index contributed by atoms with van der Waals surface area (Å²) in [7, 11) is 0. The van der Waals surface area contributed by atoms with Gasteiger partial charge in [-0.05, 0) is 47.5 Å². The summed E-state index contributed by atoms with van der Waals surface area (Å²) in [6.45, 7) is 13.6. The number of allylic oxidation sites excluding steroid dienone is 2. The fourth-order valence-electron chi connectivity index (χ4n) is 4.12. The van der Waals surface area contributed by atoms with Gasteiger partial charge < -0.3 is 9.15 Å². The van der Waals surface area contributed by atoms with Crippen LogP contribution in [0, 0.1) is 16.2 Å². The van der Waals surface area contributed by atoms with E-state index in [1.54, 1.807) is 0 Å². The van der Waals surface area contributed by atoms with Crippen LogP contribution in [0.15, 0.2) is 40.9 Å². The van der Waals surface area contributed by atoms with E-state index in [-0.39, 0.29) is 16.2 Å². The molecule has 3 rings (SSSR count). The lowest BCUT2D eigenvalue weighted by Gasteiger charge is -2.46. The molecule has 0 saturated carbocycles. The van der Waals surface area contributed by atoms with Crippen molar-refractivity contribution in [2.24, 2.45) is 16.2 Å². The van der Waals surface area contributed by atoms with Crippen molar-refractivity contribution in [3.8, 4) is 0 Å². The number of ether oxygens (including phenoxy) is 1. The molecule has 1 spiro atoms. The third-order valence-corrected chi connectivity index (χ3v) is 4.82. The van der Waals surface area contributed by atoms with Gasteiger partial charge in [-0.25, -0.2) is 0 Å². The lowest BCUT2D eigenvalue weighted by Crippen LogP contribution is -2.39. The van der Waals surface area contributed by atoms with Gasteiger partial charge in [0, 0.05) is 5.92 Å². The van der Waals surface area contributed by atoms with Crippen molar-refractivity contribution in [3.05, 3.63) is 47.8 Å². The lowest BCUT2D eigenvalue weighted by atomic mass is 9.57. The largest absolute Gasteiger partial charge is 0.469 e. The standard InChI is InChI=1S/C20H28O2/c1-18(2,3)13-15-20(10-12-21-15)9-7-14-8-11-22-16(14)17(20)19(4,5)6/h8,10-13,17H,7,9H2,1-6H3/b15-13+. The first-order valence-electron chi connectivity index (χ1n) is 8.27. The van der Waals surface area contributed by atoms with E-state index < -0.39 is 0 Å². The van der Waals surface area contributed by atoms with Crippen LogP contribution in [0.3, 0.4) is 0 Å². The topological polar surface area (TPSA) is 22.4 Å². The summed E-state index contributed by atoms with van der Waals surface area (Å²) in [4.78, 5) is 0. The van der Waals surface area contributed by atoms with E-state index in [2.05, 4.69) is 59.8 Å². The van der Waals surface area contributed by atoms with Crippen LogP contribution < -0.4 is 0 Å². The zero-order valence-corrected chi connectivity index (χ0v) is 14.7. The molecule has 1 aliphatic heterocycles. The van der Waals surface area contributed by atoms with Gasteiger partial charge in [0.25, 0.3) is 0 Å². The Balaban J connectivity index is 2.16. The van der Waals surface area contributed by atoms with Crippen molar-refractivity contribution >= 4 is 0 Å². The second-order valence-corrected chi connectivity index (χ2v) is 8.94. The summed E-state index contributed by atoms with van der Waals surface area (Å²) in [6, 6.07) is 2.13. The van der Waals surface area contributed by atoms with Crippen LogP contribution in [0.25, 0.3) is 0 Å². The summed E-state index contributed by atoms with van der Waals surface area (Å²) >= 11 is 0. The second kappa shape index (κ2) is 4.78. The summed E-state index contributed by atoms with van der Waals surface area (Å²) < 4.78 is 11.9. The van der Waals surface area contributed by atoms with Crippen molar-refractivity contribution in [1.82, 2.24) is 0 Å². The molecule has 22 heavy (non-hydrogen) atoms. The first-order valence-corrected chi connectivity index (χ1v) is 8.27. The SMILES string of the molecule is CC(C)(C)/C=C1/OC=CC12CCc1ccoc1C2C(C)(C)C. The highest BCUT2D eigenvalue weighted by atomic mass is 16.5. The first-order chi connectivity index (χ1) is 10.1. The maximum absolute atomic E-state index is 5.98. The molecule has 0 bridgehead atoms. The van der Waals surface area contributed by atoms with E-state index in [9.17, 15) is 0 Å². The molecule has 2 nitrogen and oxygen atoms in total. The van der Waals surface area contributed by atoms with Crippen molar-refractivity contribution in [2.75, 3.05) is 0 Å². The second-order valence-electron chi connectivity index (χ2n) is 8.94. The Kier molecular flexibility index (Phi) is 3.36. The summed E-state index contributed by atoms with van der Waals surface area (Å²) in [5, 5.41) is 0. The molecule has 120 valence electrons. The quantitative estimate of drug-likeness (QED) is 0.602. The number of furan rings is 1. The normalized spacial score (nSPS) is 29.9. The highest BCUT2D eigenvalue weighted by molar-refractivity contribution is 5.39. The Labute approximate surface area is 134 Å². The van der Waals surface area contributed by atoms with Gasteiger partial charge in [0.1, 0.15) is 11.5 Å². The van der Waals surface area contributed by atoms with Gasteiger partial charge in [-0.3, -0.25) is 0 Å². The predicted molar refractivity (Wildman–Crippen MR) is 89.4 cm³/mol. The molecule has 0 saturated heterocycles. The van der Waals surface area contributed by atoms with E-state index >= 15 is 0 Å². The summed E-state index contributed by atoms with van der Waals surface area (Å²) in [5.74, 6) is 2.54. The van der Waals surface area contributed by atoms with E-state index in [1.165, 1.54) is 5.56 Å². The molecule has 1 aromatic rings. The Morgan fingerprint density at radius 2 is 1.91 bits per heavy atom. The molecule has 0 aromatic carbocycles. The molecule has 2 heteroatoms. The zero-order valence-electron chi connectivity index (χ0n) is 14.7. The zero-order chi connectivity index (χ0) is 16.2. The molecule has 1 aromatic heterocycles. The molecule has 2 atom stereocenters. The van der Waals surface area contributed by atoms with Crippen LogP contribution in [0.5, 0.6) is 0 Å². The number of rotatable bonds is 0. The van der Waals surface area contributed by atoms with Gasteiger partial charge in [0.2, 0.25) is 0 Å². The molecule has 0 radical (unpaired) electrons. The van der Waals surface area contributed by atoms with Crippen molar-refractivity contribution in [3.63, 3.8) is 0 Å². The molecule has 2 heterocycles. The van der Waals surface area contributed by atoms with E-state index in [4.69, 9.17) is 9.15 Å².